The summed E-state index contributed by atoms with van der Waals surface area (Å²) in [4.78, 5) is 49.3. The molecule has 0 N–H and O–H groups in total. The summed E-state index contributed by atoms with van der Waals surface area (Å²) in [6.45, 7) is 6.06. The van der Waals surface area contributed by atoms with Crippen molar-refractivity contribution in [3.63, 3.8) is 0 Å². The van der Waals surface area contributed by atoms with Crippen LogP contribution >= 0.6 is 0 Å². The largest absolute Gasteiger partial charge is 0.469 e. The Morgan fingerprint density at radius 3 is 2.48 bits per heavy atom. The molecule has 1 saturated heterocycles. The molecule has 4 rings (SSSR count). The monoisotopic (exact) mass is 425 g/mol. The lowest BCUT2D eigenvalue weighted by molar-refractivity contribution is -0.142. The second-order valence-corrected chi connectivity index (χ2v) is 7.99. The average Bonchev–Trinajstić information content (AvgIpc) is 3.27. The molecule has 31 heavy (non-hydrogen) atoms. The maximum absolute atomic E-state index is 13.4. The molecule has 1 aromatic rings. The number of fused-ring (bicyclic) bond motifs is 3. The van der Waals surface area contributed by atoms with Gasteiger partial charge in [0, 0.05) is 25.0 Å². The third-order valence-electron chi connectivity index (χ3n) is 6.37. The highest BCUT2D eigenvalue weighted by atomic mass is 16.5. The van der Waals surface area contributed by atoms with E-state index < -0.39 is 24.2 Å². The Morgan fingerprint density at radius 2 is 1.84 bits per heavy atom. The molecule has 1 fully saturated rings. The van der Waals surface area contributed by atoms with Crippen molar-refractivity contribution in [2.75, 3.05) is 20.7 Å². The zero-order chi connectivity index (χ0) is 22.4. The first-order chi connectivity index (χ1) is 14.8. The van der Waals surface area contributed by atoms with Gasteiger partial charge in [0.25, 0.3) is 5.91 Å². The van der Waals surface area contributed by atoms with Gasteiger partial charge in [-0.3, -0.25) is 19.4 Å². The van der Waals surface area contributed by atoms with Crippen LogP contribution in [-0.2, 0) is 14.3 Å². The minimum absolute atomic E-state index is 0.00610. The van der Waals surface area contributed by atoms with Crippen LogP contribution in [0.2, 0.25) is 0 Å². The van der Waals surface area contributed by atoms with E-state index in [-0.39, 0.29) is 24.9 Å². The zero-order valence-electron chi connectivity index (χ0n) is 18.4. The molecule has 3 amide bonds. The number of hydrogen-bond donors (Lipinski definition) is 0. The lowest BCUT2D eigenvalue weighted by Crippen LogP contribution is -2.64. The topological polar surface area (TPSA) is 85.8 Å². The van der Waals surface area contributed by atoms with Crippen molar-refractivity contribution < 1.29 is 19.1 Å². The molecular formula is C22H27N5O4. The van der Waals surface area contributed by atoms with Crippen LogP contribution in [0.1, 0.15) is 38.8 Å². The van der Waals surface area contributed by atoms with Crippen molar-refractivity contribution in [1.29, 1.82) is 0 Å². The average molecular weight is 425 g/mol. The van der Waals surface area contributed by atoms with Crippen LogP contribution in [0.15, 0.2) is 46.7 Å². The van der Waals surface area contributed by atoms with Gasteiger partial charge in [0.1, 0.15) is 0 Å². The Labute approximate surface area is 181 Å². The Morgan fingerprint density at radius 1 is 1.16 bits per heavy atom. The Balaban J connectivity index is 1.66. The Bertz CT molecular complexity index is 989. The SMILES string of the molecule is COC(=O)CCN1C(=O)C2C(N=C3N(C(C)c4ccccc4)C(C)=C(C)N32)N(C)C1=O. The Kier molecular flexibility index (Phi) is 5.20. The van der Waals surface area contributed by atoms with E-state index in [1.807, 2.05) is 36.9 Å². The van der Waals surface area contributed by atoms with Crippen LogP contribution in [0, 0.1) is 0 Å². The van der Waals surface area contributed by atoms with E-state index >= 15 is 0 Å². The summed E-state index contributed by atoms with van der Waals surface area (Å²) in [7, 11) is 2.92. The number of benzene rings is 1. The molecule has 9 heteroatoms. The summed E-state index contributed by atoms with van der Waals surface area (Å²) < 4.78 is 4.66. The van der Waals surface area contributed by atoms with E-state index in [4.69, 9.17) is 4.99 Å². The number of likely N-dealkylation sites (N-methyl/N-ethyl adjacent to an activating group) is 1. The minimum atomic E-state index is -0.654. The smallest absolute Gasteiger partial charge is 0.328 e. The van der Waals surface area contributed by atoms with E-state index in [1.54, 1.807) is 7.05 Å². The normalized spacial score (nSPS) is 23.8. The molecule has 3 aliphatic rings. The van der Waals surface area contributed by atoms with Gasteiger partial charge in [-0.25, -0.2) is 9.79 Å². The zero-order valence-corrected chi connectivity index (χ0v) is 18.4. The number of guanidine groups is 1. The molecule has 164 valence electrons. The maximum Gasteiger partial charge on any atom is 0.328 e. The predicted molar refractivity (Wildman–Crippen MR) is 113 cm³/mol. The van der Waals surface area contributed by atoms with Gasteiger partial charge in [-0.05, 0) is 26.3 Å². The van der Waals surface area contributed by atoms with E-state index in [1.165, 1.54) is 12.0 Å². The number of imide groups is 1. The standard InChI is InChI=1S/C22H27N5O4/c1-13-14(2)27-18-19(23-21(27)26(13)15(3)16-9-7-6-8-10-16)24(4)22(30)25(20(18)29)12-11-17(28)31-5/h6-10,15,18-19H,11-12H2,1-5H3. The van der Waals surface area contributed by atoms with Gasteiger partial charge in [0.15, 0.2) is 12.2 Å². The van der Waals surface area contributed by atoms with E-state index in [2.05, 4.69) is 28.7 Å². The number of allylic oxidation sites excluding steroid dienone is 2. The molecule has 3 heterocycles. The summed E-state index contributed by atoms with van der Waals surface area (Å²) in [5.74, 6) is -0.147. The number of carbonyl (C=O) groups is 3. The van der Waals surface area contributed by atoms with Gasteiger partial charge in [-0.2, -0.15) is 0 Å². The first-order valence-corrected chi connectivity index (χ1v) is 10.3. The van der Waals surface area contributed by atoms with Gasteiger partial charge >= 0.3 is 12.0 Å². The third kappa shape index (κ3) is 3.15. The van der Waals surface area contributed by atoms with Crippen LogP contribution in [0.3, 0.4) is 0 Å². The van der Waals surface area contributed by atoms with Gasteiger partial charge in [-0.15, -0.1) is 0 Å². The van der Waals surface area contributed by atoms with Crippen molar-refractivity contribution in [3.8, 4) is 0 Å². The number of carbonyl (C=O) groups excluding carboxylic acids is 3. The molecule has 3 aliphatic heterocycles. The number of rotatable bonds is 5. The summed E-state index contributed by atoms with van der Waals surface area (Å²) in [6, 6.07) is 8.99. The molecule has 9 nitrogen and oxygen atoms in total. The van der Waals surface area contributed by atoms with E-state index in [0.29, 0.717) is 5.96 Å². The van der Waals surface area contributed by atoms with Crippen molar-refractivity contribution in [1.82, 2.24) is 19.6 Å². The highest BCUT2D eigenvalue weighted by Crippen LogP contribution is 2.41. The molecule has 0 spiro atoms. The first-order valence-electron chi connectivity index (χ1n) is 10.3. The number of hydrogen-bond acceptors (Lipinski definition) is 7. The lowest BCUT2D eigenvalue weighted by Gasteiger charge is -2.40. The molecule has 0 radical (unpaired) electrons. The van der Waals surface area contributed by atoms with Crippen molar-refractivity contribution in [2.45, 2.75) is 45.4 Å². The number of methoxy groups -OCH3 is 1. The lowest BCUT2D eigenvalue weighted by atomic mass is 10.1. The third-order valence-corrected chi connectivity index (χ3v) is 6.37. The second-order valence-electron chi connectivity index (χ2n) is 7.99. The highest BCUT2D eigenvalue weighted by molar-refractivity contribution is 6.05. The quantitative estimate of drug-likeness (QED) is 0.672. The molecule has 1 aromatic carbocycles. The molecule has 3 unspecified atom stereocenters. The summed E-state index contributed by atoms with van der Waals surface area (Å²) >= 11 is 0. The highest BCUT2D eigenvalue weighted by Gasteiger charge is 2.56. The Hall–Kier alpha value is -3.36. The maximum atomic E-state index is 13.4. The van der Waals surface area contributed by atoms with Gasteiger partial charge in [0.05, 0.1) is 19.6 Å². The first kappa shape index (κ1) is 20.9. The van der Waals surface area contributed by atoms with E-state index in [0.717, 1.165) is 21.9 Å². The predicted octanol–water partition coefficient (Wildman–Crippen LogP) is 2.14. The molecule has 0 aromatic heterocycles. The number of nitrogens with zero attached hydrogens (tertiary/aromatic N) is 5. The molecule has 3 atom stereocenters. The minimum Gasteiger partial charge on any atom is -0.469 e. The number of ether oxygens (including phenoxy) is 1. The summed E-state index contributed by atoms with van der Waals surface area (Å²) in [6.07, 6.45) is -0.657. The fourth-order valence-corrected chi connectivity index (χ4v) is 4.49. The van der Waals surface area contributed by atoms with E-state index in [9.17, 15) is 14.4 Å². The fraction of sp³-hybridized carbons (Fsp3) is 0.455. The number of urea groups is 1. The number of amides is 3. The second kappa shape index (κ2) is 7.72. The number of aliphatic imine (C=N–C) groups is 1. The van der Waals surface area contributed by atoms with Crippen molar-refractivity contribution in [2.24, 2.45) is 4.99 Å². The molecular weight excluding hydrogens is 398 g/mol. The van der Waals surface area contributed by atoms with Crippen molar-refractivity contribution in [3.05, 3.63) is 47.3 Å². The molecule has 0 bridgehead atoms. The van der Waals surface area contributed by atoms with Crippen LogP contribution < -0.4 is 0 Å². The summed E-state index contributed by atoms with van der Waals surface area (Å²) in [5.41, 5.74) is 3.07. The molecule has 0 aliphatic carbocycles. The van der Waals surface area contributed by atoms with Crippen LogP contribution in [0.5, 0.6) is 0 Å². The molecule has 0 saturated carbocycles. The fourth-order valence-electron chi connectivity index (χ4n) is 4.49. The van der Waals surface area contributed by atoms with Gasteiger partial charge in [0.2, 0.25) is 5.96 Å². The van der Waals surface area contributed by atoms with Gasteiger partial charge < -0.3 is 14.5 Å². The van der Waals surface area contributed by atoms with Gasteiger partial charge in [-0.1, -0.05) is 30.3 Å². The number of esters is 1. The van der Waals surface area contributed by atoms with Crippen molar-refractivity contribution >= 4 is 23.9 Å². The summed E-state index contributed by atoms with van der Waals surface area (Å²) in [5, 5.41) is 0. The van der Waals surface area contributed by atoms with Crippen LogP contribution in [0.4, 0.5) is 4.79 Å². The van der Waals surface area contributed by atoms with Crippen LogP contribution in [0.25, 0.3) is 0 Å². The van der Waals surface area contributed by atoms with Crippen LogP contribution in [-0.4, -0.2) is 76.4 Å².